The van der Waals surface area contributed by atoms with E-state index in [4.69, 9.17) is 42.6 Å². The maximum Gasteiger partial charge on any atom is 0.206 e. The van der Waals surface area contributed by atoms with Crippen molar-refractivity contribution in [2.75, 3.05) is 33.0 Å². The van der Waals surface area contributed by atoms with Crippen molar-refractivity contribution >= 4 is 0 Å². The van der Waals surface area contributed by atoms with E-state index in [9.17, 15) is 76.6 Å². The monoisotopic (exact) mass is 1070 g/mol. The number of hydrogen-bond donors (Lipinski definition) is 15. The molecule has 24 nitrogen and oxygen atoms in total. The van der Waals surface area contributed by atoms with E-state index in [-0.39, 0.29) is 53.8 Å². The van der Waals surface area contributed by atoms with Gasteiger partial charge in [0.15, 0.2) is 24.7 Å². The van der Waals surface area contributed by atoms with Gasteiger partial charge in [0.25, 0.3) is 0 Å². The van der Waals surface area contributed by atoms with Crippen LogP contribution in [0.5, 0.6) is 0 Å². The van der Waals surface area contributed by atoms with Crippen LogP contribution in [0.25, 0.3) is 0 Å². The first-order valence-electron chi connectivity index (χ1n) is 26.9. The molecular weight excluding hydrogens is 985 g/mol. The second-order valence-corrected chi connectivity index (χ2v) is 24.4. The predicted molar refractivity (Wildman–Crippen MR) is 245 cm³/mol. The van der Waals surface area contributed by atoms with Gasteiger partial charge in [-0.15, -0.1) is 0 Å². The summed E-state index contributed by atoms with van der Waals surface area (Å²) in [6.07, 6.45) is -32.7. The Morgan fingerprint density at radius 1 is 0.541 bits per heavy atom. The van der Waals surface area contributed by atoms with Crippen molar-refractivity contribution < 1.29 is 119 Å². The summed E-state index contributed by atoms with van der Waals surface area (Å²) in [7, 11) is 0. The highest BCUT2D eigenvalue weighted by Gasteiger charge is 2.74. The van der Waals surface area contributed by atoms with Gasteiger partial charge in [-0.3, -0.25) is 0 Å². The van der Waals surface area contributed by atoms with Gasteiger partial charge in [-0.1, -0.05) is 27.7 Å². The Kier molecular flexibility index (Phi) is 15.9. The second kappa shape index (κ2) is 20.9. The summed E-state index contributed by atoms with van der Waals surface area (Å²) in [6.45, 7) is 5.96. The van der Waals surface area contributed by atoms with E-state index < -0.39 is 178 Å². The third-order valence-electron chi connectivity index (χ3n) is 20.5. The average Bonchev–Trinajstić information content (AvgIpc) is 3.85. The molecule has 4 saturated carbocycles. The first-order chi connectivity index (χ1) is 35.0. The molecule has 15 N–H and O–H groups in total. The van der Waals surface area contributed by atoms with Crippen LogP contribution in [0.2, 0.25) is 0 Å². The SMILES string of the molecule is C[C@@H]1CCC2(OC1)O[C@@H]1[C@H]([C@@H]2C)[C@@]2(C)CCC3C(CCC4CC([C@@]5(O[C@@H]6O[C@H](CO)[C@@H](O)[C@H](O)[C@H]6O)O[C@@H](CO)[C@H](O)[C@H](O[C@@H]6O[C@H](CO)[C@H](O)[C@H](O)[C@H]6O)[C@H]5O[C@@H]5OC[C@@H](O)[C@H](O)[C@H]5O)C(O)C[C@@]43C)C2[C@@H]1O. The van der Waals surface area contributed by atoms with Crippen LogP contribution in [0, 0.1) is 58.2 Å². The van der Waals surface area contributed by atoms with Gasteiger partial charge >= 0.3 is 0 Å². The van der Waals surface area contributed by atoms with Gasteiger partial charge in [0, 0.05) is 24.2 Å². The third-order valence-corrected chi connectivity index (χ3v) is 20.5. The van der Waals surface area contributed by atoms with Crippen LogP contribution < -0.4 is 0 Å². The molecule has 24 heteroatoms. The number of fused-ring (bicyclic) bond motifs is 7. The lowest BCUT2D eigenvalue weighted by molar-refractivity contribution is -0.468. The highest BCUT2D eigenvalue weighted by molar-refractivity contribution is 5.20. The molecule has 33 atom stereocenters. The number of ether oxygens (including phenoxy) is 9. The van der Waals surface area contributed by atoms with E-state index in [2.05, 4.69) is 27.7 Å². The zero-order chi connectivity index (χ0) is 53.3. The fourth-order valence-electron chi connectivity index (χ4n) is 16.4. The maximum atomic E-state index is 13.0. The number of aliphatic hydroxyl groups is 15. The minimum atomic E-state index is -2.70. The van der Waals surface area contributed by atoms with Gasteiger partial charge in [-0.05, 0) is 85.4 Å². The zero-order valence-electron chi connectivity index (χ0n) is 42.3. The van der Waals surface area contributed by atoms with Crippen LogP contribution in [0.1, 0.15) is 79.1 Å². The molecule has 0 aromatic heterocycles. The van der Waals surface area contributed by atoms with Gasteiger partial charge in [0.2, 0.25) is 5.79 Å². The molecule has 0 aromatic carbocycles. The molecule has 0 aromatic rings. The summed E-state index contributed by atoms with van der Waals surface area (Å²) < 4.78 is 56.9. The van der Waals surface area contributed by atoms with Gasteiger partial charge in [0.05, 0.1) is 51.3 Å². The maximum absolute atomic E-state index is 13.0. The third kappa shape index (κ3) is 8.80. The minimum Gasteiger partial charge on any atom is -0.394 e. The summed E-state index contributed by atoms with van der Waals surface area (Å²) in [5, 5.41) is 168. The quantitative estimate of drug-likeness (QED) is 0.0977. The van der Waals surface area contributed by atoms with Crippen molar-refractivity contribution in [3.63, 3.8) is 0 Å². The van der Waals surface area contributed by atoms with E-state index in [0.717, 1.165) is 25.7 Å². The molecule has 0 radical (unpaired) electrons. The standard InChI is InChI=1S/C50H82O24/c1-18-7-10-49(67-16-18)19(2)29-41(73-49)35(60)30-21-6-5-20-11-23(24(54)12-48(20,4)22(21)8-9-47(29,30)3)50(74-46-40(65)37(62)33(58)27(14-52)69-46)43(71-44-38(63)31(56)25(55)17-66-44)42(34(59)28(15-53)72-50)70-45-39(64)36(61)32(57)26(13-51)68-45/h18-46,51-65H,5-17H2,1-4H3/t18-,19+,20?,21?,22?,23?,24?,25-,26-,27-,28+,29+,30?,31+,32+,33-,34+,35+,36+,37+,38-,39-,40-,41-,42+,43-,44+,45+,46+,47-,48+,49?,50+/m1/s1. The van der Waals surface area contributed by atoms with Crippen molar-refractivity contribution in [2.24, 2.45) is 58.2 Å². The largest absolute Gasteiger partial charge is 0.394 e. The van der Waals surface area contributed by atoms with E-state index in [1.54, 1.807) is 0 Å². The van der Waals surface area contributed by atoms with E-state index in [1.165, 1.54) is 0 Å². The van der Waals surface area contributed by atoms with E-state index >= 15 is 0 Å². The van der Waals surface area contributed by atoms with Gasteiger partial charge < -0.3 is 119 Å². The molecule has 6 heterocycles. The van der Waals surface area contributed by atoms with Crippen molar-refractivity contribution in [3.05, 3.63) is 0 Å². The lowest BCUT2D eigenvalue weighted by atomic mass is 9.43. The van der Waals surface area contributed by atoms with Crippen LogP contribution in [0.3, 0.4) is 0 Å². The molecule has 10 aliphatic rings. The van der Waals surface area contributed by atoms with Crippen molar-refractivity contribution in [1.82, 2.24) is 0 Å². The normalized spacial score (nSPS) is 59.6. The molecule has 6 aliphatic heterocycles. The van der Waals surface area contributed by atoms with Crippen molar-refractivity contribution in [3.8, 4) is 0 Å². The lowest BCUT2D eigenvalue weighted by Gasteiger charge is -2.64. The first-order valence-corrected chi connectivity index (χ1v) is 26.9. The Labute approximate surface area is 428 Å². The lowest BCUT2D eigenvalue weighted by Crippen LogP contribution is -2.76. The first kappa shape index (κ1) is 56.3. The molecule has 4 aliphatic carbocycles. The summed E-state index contributed by atoms with van der Waals surface area (Å²) in [4.78, 5) is 0. The van der Waals surface area contributed by atoms with Gasteiger partial charge in [-0.2, -0.15) is 0 Å². The van der Waals surface area contributed by atoms with Gasteiger partial charge in [-0.25, -0.2) is 0 Å². The highest BCUT2D eigenvalue weighted by Crippen LogP contribution is 2.72. The van der Waals surface area contributed by atoms with Crippen LogP contribution in [-0.2, 0) is 42.6 Å². The number of hydrogen-bond acceptors (Lipinski definition) is 24. The number of aliphatic hydroxyl groups excluding tert-OH is 15. The molecule has 10 rings (SSSR count). The minimum absolute atomic E-state index is 0.0166. The Morgan fingerprint density at radius 2 is 1.18 bits per heavy atom. The summed E-state index contributed by atoms with van der Waals surface area (Å²) in [6, 6.07) is 0. The topological polar surface area (TPSA) is 387 Å². The Bertz CT molecular complexity index is 1930. The fraction of sp³-hybridized carbons (Fsp3) is 1.00. The van der Waals surface area contributed by atoms with Crippen LogP contribution >= 0.6 is 0 Å². The number of rotatable bonds is 10. The van der Waals surface area contributed by atoms with Gasteiger partial charge in [0.1, 0.15) is 91.6 Å². The summed E-state index contributed by atoms with van der Waals surface area (Å²) in [5.74, 6) is -4.71. The molecule has 0 bridgehead atoms. The second-order valence-electron chi connectivity index (χ2n) is 24.4. The Hall–Kier alpha value is -0.960. The highest BCUT2D eigenvalue weighted by atomic mass is 16.8. The summed E-state index contributed by atoms with van der Waals surface area (Å²) >= 11 is 0. The fourth-order valence-corrected chi connectivity index (χ4v) is 16.4. The molecule has 1 spiro atoms. The smallest absolute Gasteiger partial charge is 0.206 e. The molecule has 426 valence electrons. The van der Waals surface area contributed by atoms with E-state index in [1.807, 2.05) is 0 Å². The Balaban J connectivity index is 1.03. The van der Waals surface area contributed by atoms with Crippen LogP contribution in [-0.4, -0.2) is 250 Å². The van der Waals surface area contributed by atoms with Crippen molar-refractivity contribution in [2.45, 2.75) is 219 Å². The molecule has 7 unspecified atom stereocenters. The predicted octanol–water partition coefficient (Wildman–Crippen LogP) is -4.74. The molecule has 10 fully saturated rings. The van der Waals surface area contributed by atoms with Crippen molar-refractivity contribution in [1.29, 1.82) is 0 Å². The van der Waals surface area contributed by atoms with E-state index in [0.29, 0.717) is 25.4 Å². The Morgan fingerprint density at radius 3 is 1.81 bits per heavy atom. The van der Waals surface area contributed by atoms with Crippen LogP contribution in [0.4, 0.5) is 0 Å². The molecule has 74 heavy (non-hydrogen) atoms. The average molecular weight is 1070 g/mol. The summed E-state index contributed by atoms with van der Waals surface area (Å²) in [5.41, 5.74) is -0.900. The zero-order valence-corrected chi connectivity index (χ0v) is 42.3. The molecule has 0 amide bonds. The molecular formula is C50H82O24. The molecule has 6 saturated heterocycles. The van der Waals surface area contributed by atoms with Crippen LogP contribution in [0.15, 0.2) is 0 Å².